The molecule has 4 N–H and O–H groups in total. The van der Waals surface area contributed by atoms with Crippen molar-refractivity contribution in [2.45, 2.75) is 276 Å². The predicted molar refractivity (Wildman–Crippen MR) is 254 cm³/mol. The molecule has 0 bridgehead atoms. The van der Waals surface area contributed by atoms with Crippen LogP contribution in [0.5, 0.6) is 0 Å². The molecule has 0 heterocycles. The van der Waals surface area contributed by atoms with Crippen LogP contribution in [0.3, 0.4) is 0 Å². The zero-order chi connectivity index (χ0) is 42.3. The highest BCUT2D eigenvalue weighted by Gasteiger charge is 2.22. The lowest BCUT2D eigenvalue weighted by Gasteiger charge is -2.21. The molecule has 340 valence electrons. The molecule has 0 saturated carbocycles. The van der Waals surface area contributed by atoms with Crippen LogP contribution < -0.4 is 5.32 Å². The summed E-state index contributed by atoms with van der Waals surface area (Å²) >= 11 is 0. The molecular formula is C53H99NO4. The van der Waals surface area contributed by atoms with Crippen LogP contribution in [0.4, 0.5) is 0 Å². The number of hydrogen-bond acceptors (Lipinski definition) is 4. The van der Waals surface area contributed by atoms with E-state index < -0.39 is 24.2 Å². The van der Waals surface area contributed by atoms with Crippen LogP contribution in [0, 0.1) is 0 Å². The van der Waals surface area contributed by atoms with Crippen molar-refractivity contribution >= 4 is 5.91 Å². The molecule has 0 radical (unpaired) electrons. The monoisotopic (exact) mass is 814 g/mol. The van der Waals surface area contributed by atoms with Gasteiger partial charge < -0.3 is 20.6 Å². The van der Waals surface area contributed by atoms with E-state index in [1.165, 1.54) is 193 Å². The standard InChI is InChI=1S/C53H99NO4/c1-3-5-7-9-11-13-15-17-19-21-23-25-26-27-28-30-32-34-36-38-40-42-44-46-48-52(57)53(58)54-50(49-55)51(56)47-45-43-41-39-37-35-33-31-29-24-22-20-18-16-14-12-10-8-6-4-2/h27-29,31,37,39,45,47,50-52,55-57H,3-26,30,32-36,38,40-44,46,48-49H2,1-2H3,(H,54,58)/b28-27-,31-29+,39-37+,47-45+. The number of rotatable bonds is 46. The summed E-state index contributed by atoms with van der Waals surface area (Å²) in [6.45, 7) is 4.18. The Morgan fingerprint density at radius 1 is 0.414 bits per heavy atom. The van der Waals surface area contributed by atoms with Gasteiger partial charge in [-0.3, -0.25) is 4.79 Å². The van der Waals surface area contributed by atoms with Gasteiger partial charge in [0.1, 0.15) is 6.10 Å². The molecule has 0 fully saturated rings. The van der Waals surface area contributed by atoms with Gasteiger partial charge in [-0.1, -0.05) is 236 Å². The minimum Gasteiger partial charge on any atom is -0.394 e. The summed E-state index contributed by atoms with van der Waals surface area (Å²) in [5, 5.41) is 33.2. The molecule has 0 saturated heterocycles. The van der Waals surface area contributed by atoms with Crippen molar-refractivity contribution in [1.29, 1.82) is 0 Å². The van der Waals surface area contributed by atoms with Crippen LogP contribution in [-0.2, 0) is 4.79 Å². The molecule has 0 aromatic carbocycles. The first-order chi connectivity index (χ1) is 28.6. The Hall–Kier alpha value is -1.69. The van der Waals surface area contributed by atoms with E-state index in [-0.39, 0.29) is 6.61 Å². The summed E-state index contributed by atoms with van der Waals surface area (Å²) in [5.74, 6) is -0.518. The lowest BCUT2D eigenvalue weighted by molar-refractivity contribution is -0.131. The largest absolute Gasteiger partial charge is 0.394 e. The molecule has 0 aliphatic heterocycles. The van der Waals surface area contributed by atoms with E-state index in [9.17, 15) is 20.1 Å². The number of nitrogens with one attached hydrogen (secondary N) is 1. The lowest BCUT2D eigenvalue weighted by Crippen LogP contribution is -2.48. The molecule has 58 heavy (non-hydrogen) atoms. The van der Waals surface area contributed by atoms with Crippen molar-refractivity contribution in [3.8, 4) is 0 Å². The first-order valence-electron chi connectivity index (χ1n) is 25.5. The van der Waals surface area contributed by atoms with E-state index in [4.69, 9.17) is 0 Å². The number of hydrogen-bond donors (Lipinski definition) is 4. The molecule has 3 unspecified atom stereocenters. The Labute approximate surface area is 361 Å². The fraction of sp³-hybridized carbons (Fsp3) is 0.830. The van der Waals surface area contributed by atoms with Crippen LogP contribution in [0.1, 0.15) is 258 Å². The highest BCUT2D eigenvalue weighted by Crippen LogP contribution is 2.15. The maximum absolute atomic E-state index is 12.5. The smallest absolute Gasteiger partial charge is 0.249 e. The van der Waals surface area contributed by atoms with Gasteiger partial charge in [0.05, 0.1) is 18.8 Å². The van der Waals surface area contributed by atoms with Crippen molar-refractivity contribution in [1.82, 2.24) is 5.32 Å². The van der Waals surface area contributed by atoms with E-state index in [1.807, 2.05) is 6.08 Å². The summed E-state index contributed by atoms with van der Waals surface area (Å²) in [5.41, 5.74) is 0. The summed E-state index contributed by atoms with van der Waals surface area (Å²) in [7, 11) is 0. The Kier molecular flexibility index (Phi) is 46.6. The van der Waals surface area contributed by atoms with E-state index in [2.05, 4.69) is 55.6 Å². The second-order valence-electron chi connectivity index (χ2n) is 17.4. The average molecular weight is 814 g/mol. The summed E-state index contributed by atoms with van der Waals surface area (Å²) in [4.78, 5) is 12.5. The minimum absolute atomic E-state index is 0.383. The van der Waals surface area contributed by atoms with Gasteiger partial charge in [0.15, 0.2) is 0 Å². The highest BCUT2D eigenvalue weighted by molar-refractivity contribution is 5.80. The van der Waals surface area contributed by atoms with Gasteiger partial charge in [0.25, 0.3) is 0 Å². The fourth-order valence-electron chi connectivity index (χ4n) is 7.62. The van der Waals surface area contributed by atoms with Crippen molar-refractivity contribution in [3.05, 3.63) is 48.6 Å². The zero-order valence-corrected chi connectivity index (χ0v) is 38.7. The predicted octanol–water partition coefficient (Wildman–Crippen LogP) is 15.3. The molecule has 5 heteroatoms. The summed E-state index contributed by atoms with van der Waals surface area (Å²) in [6, 6.07) is -0.823. The van der Waals surface area contributed by atoms with Crippen molar-refractivity contribution in [3.63, 3.8) is 0 Å². The van der Waals surface area contributed by atoms with Gasteiger partial charge >= 0.3 is 0 Å². The lowest BCUT2D eigenvalue weighted by atomic mass is 10.0. The van der Waals surface area contributed by atoms with Gasteiger partial charge in [-0.25, -0.2) is 0 Å². The van der Waals surface area contributed by atoms with E-state index in [0.29, 0.717) is 6.42 Å². The molecule has 3 atom stereocenters. The Bertz CT molecular complexity index is 943. The van der Waals surface area contributed by atoms with Crippen molar-refractivity contribution in [2.24, 2.45) is 0 Å². The number of unbranched alkanes of at least 4 members (excludes halogenated alkanes) is 32. The summed E-state index contributed by atoms with van der Waals surface area (Å²) in [6.07, 6.45) is 63.1. The maximum Gasteiger partial charge on any atom is 0.249 e. The molecule has 0 aromatic heterocycles. The van der Waals surface area contributed by atoms with Crippen LogP contribution >= 0.6 is 0 Å². The molecule has 0 aliphatic carbocycles. The molecule has 1 amide bonds. The fourth-order valence-corrected chi connectivity index (χ4v) is 7.62. The molecule has 0 rings (SSSR count). The van der Waals surface area contributed by atoms with Crippen LogP contribution in [-0.4, -0.2) is 46.1 Å². The SMILES string of the molecule is CCCCCCCCCCCC/C=C/CC/C=C/CC/C=C/C(O)C(CO)NC(=O)C(O)CCCCCCCCCC/C=C\CCCCCCCCCCCCCC. The topological polar surface area (TPSA) is 89.8 Å². The quantitative estimate of drug-likeness (QED) is 0.0364. The Morgan fingerprint density at radius 3 is 1.05 bits per heavy atom. The third-order valence-electron chi connectivity index (χ3n) is 11.6. The third kappa shape index (κ3) is 42.4. The van der Waals surface area contributed by atoms with Gasteiger partial charge in [-0.05, 0) is 70.6 Å². The van der Waals surface area contributed by atoms with Crippen LogP contribution in [0.15, 0.2) is 48.6 Å². The first kappa shape index (κ1) is 56.3. The summed E-state index contributed by atoms with van der Waals surface area (Å²) < 4.78 is 0. The van der Waals surface area contributed by atoms with Crippen molar-refractivity contribution in [2.75, 3.05) is 6.61 Å². The van der Waals surface area contributed by atoms with Gasteiger partial charge in [0.2, 0.25) is 5.91 Å². The zero-order valence-electron chi connectivity index (χ0n) is 38.7. The van der Waals surface area contributed by atoms with Gasteiger partial charge in [0, 0.05) is 0 Å². The first-order valence-corrected chi connectivity index (χ1v) is 25.5. The van der Waals surface area contributed by atoms with Gasteiger partial charge in [-0.15, -0.1) is 0 Å². The number of allylic oxidation sites excluding steroid dienone is 7. The molecule has 0 spiro atoms. The Balaban J connectivity index is 3.68. The normalized spacial score (nSPS) is 13.8. The number of amides is 1. The second kappa shape index (κ2) is 48.0. The second-order valence-corrected chi connectivity index (χ2v) is 17.4. The van der Waals surface area contributed by atoms with E-state index in [1.54, 1.807) is 6.08 Å². The van der Waals surface area contributed by atoms with E-state index in [0.717, 1.165) is 44.9 Å². The number of aliphatic hydroxyl groups excluding tert-OH is 3. The number of aliphatic hydroxyl groups is 3. The maximum atomic E-state index is 12.5. The van der Waals surface area contributed by atoms with Crippen molar-refractivity contribution < 1.29 is 20.1 Å². The molecule has 0 aliphatic rings. The molecule has 5 nitrogen and oxygen atoms in total. The van der Waals surface area contributed by atoms with E-state index >= 15 is 0 Å². The van der Waals surface area contributed by atoms with Gasteiger partial charge in [-0.2, -0.15) is 0 Å². The number of carbonyl (C=O) groups is 1. The minimum atomic E-state index is -1.11. The average Bonchev–Trinajstić information content (AvgIpc) is 3.23. The third-order valence-corrected chi connectivity index (χ3v) is 11.6. The molecular weight excluding hydrogens is 715 g/mol. The van der Waals surface area contributed by atoms with Crippen LogP contribution in [0.2, 0.25) is 0 Å². The van der Waals surface area contributed by atoms with Crippen LogP contribution in [0.25, 0.3) is 0 Å². The number of carbonyl (C=O) groups excluding carboxylic acids is 1. The Morgan fingerprint density at radius 2 is 0.707 bits per heavy atom. The molecule has 0 aromatic rings. The highest BCUT2D eigenvalue weighted by atomic mass is 16.3.